The van der Waals surface area contributed by atoms with E-state index in [0.717, 1.165) is 11.3 Å². The normalized spacial score (nSPS) is 16.6. The highest BCUT2D eigenvalue weighted by Gasteiger charge is 2.29. The zero-order valence-electron chi connectivity index (χ0n) is 14.3. The summed E-state index contributed by atoms with van der Waals surface area (Å²) in [6.45, 7) is 3.57. The lowest BCUT2D eigenvalue weighted by molar-refractivity contribution is -0.130. The fraction of sp³-hybridized carbons (Fsp3) is 0.389. The van der Waals surface area contributed by atoms with Gasteiger partial charge in [-0.3, -0.25) is 4.79 Å². The fourth-order valence-corrected chi connectivity index (χ4v) is 4.82. The van der Waals surface area contributed by atoms with Crippen molar-refractivity contribution in [3.8, 4) is 0 Å². The number of H-pyrrole nitrogens is 1. The van der Waals surface area contributed by atoms with Crippen LogP contribution in [0.2, 0.25) is 0 Å². The van der Waals surface area contributed by atoms with Gasteiger partial charge in [0.1, 0.15) is 0 Å². The lowest BCUT2D eigenvalue weighted by Crippen LogP contribution is -2.38. The van der Waals surface area contributed by atoms with Gasteiger partial charge in [0.2, 0.25) is 15.9 Å². The molecule has 1 aliphatic rings. The summed E-state index contributed by atoms with van der Waals surface area (Å²) in [6, 6.07) is 10.8. The smallest absolute Gasteiger partial charge is 0.243 e. The third kappa shape index (κ3) is 3.93. The van der Waals surface area contributed by atoms with Gasteiger partial charge in [-0.2, -0.15) is 4.31 Å². The zero-order valence-corrected chi connectivity index (χ0v) is 15.1. The Hall–Kier alpha value is -2.12. The van der Waals surface area contributed by atoms with Crippen LogP contribution in [0.4, 0.5) is 0 Å². The van der Waals surface area contributed by atoms with Gasteiger partial charge in [0.25, 0.3) is 0 Å². The Labute approximate surface area is 148 Å². The second kappa shape index (κ2) is 7.41. The minimum Gasteiger partial charge on any atom is -0.365 e. The van der Waals surface area contributed by atoms with Gasteiger partial charge in [-0.1, -0.05) is 18.2 Å². The van der Waals surface area contributed by atoms with Crippen LogP contribution in [0.1, 0.15) is 17.7 Å². The van der Waals surface area contributed by atoms with Gasteiger partial charge in [-0.25, -0.2) is 8.42 Å². The molecule has 0 atom stereocenters. The molecule has 0 saturated carbocycles. The molecule has 25 heavy (non-hydrogen) atoms. The van der Waals surface area contributed by atoms with E-state index in [1.807, 2.05) is 18.2 Å². The minimum atomic E-state index is -3.53. The van der Waals surface area contributed by atoms with Crippen molar-refractivity contribution in [2.75, 3.05) is 26.2 Å². The van der Waals surface area contributed by atoms with Gasteiger partial charge < -0.3 is 9.88 Å². The topological polar surface area (TPSA) is 73.5 Å². The maximum absolute atomic E-state index is 12.9. The average molecular weight is 361 g/mol. The summed E-state index contributed by atoms with van der Waals surface area (Å²) in [5.41, 5.74) is 1.62. The Balaban J connectivity index is 1.69. The summed E-state index contributed by atoms with van der Waals surface area (Å²) in [6.07, 6.45) is 2.75. The van der Waals surface area contributed by atoms with E-state index in [1.54, 1.807) is 36.2 Å². The van der Waals surface area contributed by atoms with E-state index in [9.17, 15) is 13.2 Å². The van der Waals surface area contributed by atoms with E-state index in [1.165, 1.54) is 4.31 Å². The predicted molar refractivity (Wildman–Crippen MR) is 95.6 cm³/mol. The van der Waals surface area contributed by atoms with Crippen molar-refractivity contribution in [3.05, 3.63) is 53.9 Å². The van der Waals surface area contributed by atoms with Crippen molar-refractivity contribution in [1.82, 2.24) is 14.2 Å². The van der Waals surface area contributed by atoms with Gasteiger partial charge in [0.15, 0.2) is 0 Å². The molecule has 1 fully saturated rings. The van der Waals surface area contributed by atoms with Crippen molar-refractivity contribution < 1.29 is 13.2 Å². The Morgan fingerprint density at radius 3 is 2.60 bits per heavy atom. The third-order valence-corrected chi connectivity index (χ3v) is 6.58. The maximum atomic E-state index is 12.9. The first-order valence-electron chi connectivity index (χ1n) is 8.44. The number of nitrogens with one attached hydrogen (secondary N) is 1. The molecule has 1 aliphatic heterocycles. The highest BCUT2D eigenvalue weighted by Crippen LogP contribution is 2.21. The Bertz CT molecular complexity index is 831. The van der Waals surface area contributed by atoms with Crippen LogP contribution in [0, 0.1) is 6.92 Å². The number of hydrogen-bond donors (Lipinski definition) is 1. The van der Waals surface area contributed by atoms with Gasteiger partial charge in [-0.05, 0) is 37.1 Å². The van der Waals surface area contributed by atoms with E-state index in [2.05, 4.69) is 4.98 Å². The van der Waals surface area contributed by atoms with Crippen LogP contribution in [-0.2, 0) is 21.2 Å². The molecule has 0 unspecified atom stereocenters. The number of benzene rings is 1. The standard InChI is InChI=1S/C18H23N3O3S/c1-15-6-2-3-8-17(15)25(23,24)21-11-5-10-20(12-13-21)18(22)14-16-7-4-9-19-16/h2-4,6-9,19H,5,10-14H2,1H3. The quantitative estimate of drug-likeness (QED) is 0.902. The minimum absolute atomic E-state index is 0.0255. The van der Waals surface area contributed by atoms with Crippen LogP contribution < -0.4 is 0 Å². The number of amides is 1. The molecule has 1 aromatic carbocycles. The predicted octanol–water partition coefficient (Wildman–Crippen LogP) is 1.79. The second-order valence-electron chi connectivity index (χ2n) is 6.28. The zero-order chi connectivity index (χ0) is 17.9. The molecule has 1 saturated heterocycles. The van der Waals surface area contributed by atoms with Crippen LogP contribution in [0.15, 0.2) is 47.5 Å². The molecule has 2 heterocycles. The maximum Gasteiger partial charge on any atom is 0.243 e. The number of rotatable bonds is 4. The highest BCUT2D eigenvalue weighted by molar-refractivity contribution is 7.89. The van der Waals surface area contributed by atoms with E-state index in [4.69, 9.17) is 0 Å². The summed E-state index contributed by atoms with van der Waals surface area (Å²) in [5, 5.41) is 0. The molecule has 0 spiro atoms. The molecule has 2 aromatic rings. The average Bonchev–Trinajstić information content (AvgIpc) is 2.95. The summed E-state index contributed by atoms with van der Waals surface area (Å²) in [4.78, 5) is 17.6. The SMILES string of the molecule is Cc1ccccc1S(=O)(=O)N1CCCN(C(=O)Cc2ccc[nH]2)CC1. The summed E-state index contributed by atoms with van der Waals surface area (Å²) < 4.78 is 27.3. The molecule has 0 aliphatic carbocycles. The first-order chi connectivity index (χ1) is 12.0. The van der Waals surface area contributed by atoms with Gasteiger partial charge >= 0.3 is 0 Å². The van der Waals surface area contributed by atoms with Gasteiger partial charge in [0, 0.05) is 38.1 Å². The summed E-state index contributed by atoms with van der Waals surface area (Å²) >= 11 is 0. The second-order valence-corrected chi connectivity index (χ2v) is 8.18. The number of carbonyl (C=O) groups is 1. The fourth-order valence-electron chi connectivity index (χ4n) is 3.12. The molecule has 1 amide bonds. The molecule has 0 bridgehead atoms. The van der Waals surface area contributed by atoms with Crippen LogP contribution in [0.3, 0.4) is 0 Å². The van der Waals surface area contributed by atoms with Crippen LogP contribution >= 0.6 is 0 Å². The molecule has 1 aromatic heterocycles. The molecular formula is C18H23N3O3S. The van der Waals surface area contributed by atoms with E-state index in [0.29, 0.717) is 43.9 Å². The van der Waals surface area contributed by atoms with Crippen molar-refractivity contribution in [2.45, 2.75) is 24.7 Å². The molecule has 0 radical (unpaired) electrons. The monoisotopic (exact) mass is 361 g/mol. The summed E-state index contributed by atoms with van der Waals surface area (Å²) in [7, 11) is -3.53. The number of aromatic amines is 1. The molecule has 7 heteroatoms. The Morgan fingerprint density at radius 2 is 1.88 bits per heavy atom. The number of aryl methyl sites for hydroxylation is 1. The van der Waals surface area contributed by atoms with Crippen LogP contribution in [0.25, 0.3) is 0 Å². The van der Waals surface area contributed by atoms with Crippen molar-refractivity contribution in [1.29, 1.82) is 0 Å². The number of sulfonamides is 1. The van der Waals surface area contributed by atoms with Crippen molar-refractivity contribution in [2.24, 2.45) is 0 Å². The number of aromatic nitrogens is 1. The van der Waals surface area contributed by atoms with Gasteiger partial charge in [-0.15, -0.1) is 0 Å². The summed E-state index contributed by atoms with van der Waals surface area (Å²) in [5.74, 6) is 0.0255. The van der Waals surface area contributed by atoms with Crippen LogP contribution in [0.5, 0.6) is 0 Å². The lowest BCUT2D eigenvalue weighted by Gasteiger charge is -2.22. The van der Waals surface area contributed by atoms with Crippen molar-refractivity contribution >= 4 is 15.9 Å². The number of hydrogen-bond acceptors (Lipinski definition) is 3. The largest absolute Gasteiger partial charge is 0.365 e. The van der Waals surface area contributed by atoms with Crippen molar-refractivity contribution in [3.63, 3.8) is 0 Å². The lowest BCUT2D eigenvalue weighted by atomic mass is 10.2. The van der Waals surface area contributed by atoms with E-state index < -0.39 is 10.0 Å². The number of carbonyl (C=O) groups excluding carboxylic acids is 1. The first kappa shape index (κ1) is 17.7. The van der Waals surface area contributed by atoms with Crippen LogP contribution in [-0.4, -0.2) is 54.7 Å². The molecule has 134 valence electrons. The van der Waals surface area contributed by atoms with E-state index in [-0.39, 0.29) is 5.91 Å². The van der Waals surface area contributed by atoms with E-state index >= 15 is 0 Å². The first-order valence-corrected chi connectivity index (χ1v) is 9.88. The highest BCUT2D eigenvalue weighted by atomic mass is 32.2. The molecule has 1 N–H and O–H groups in total. The Kier molecular flexibility index (Phi) is 5.24. The number of nitrogens with zero attached hydrogens (tertiary/aromatic N) is 2. The molecule has 3 rings (SSSR count). The third-order valence-electron chi connectivity index (χ3n) is 4.52. The van der Waals surface area contributed by atoms with Gasteiger partial charge in [0.05, 0.1) is 11.3 Å². The molecular weight excluding hydrogens is 338 g/mol. The Morgan fingerprint density at radius 1 is 1.08 bits per heavy atom. The molecule has 6 nitrogen and oxygen atoms in total.